The fraction of sp³-hybridized carbons (Fsp3) is 0.167. The van der Waals surface area contributed by atoms with E-state index in [2.05, 4.69) is 4.98 Å². The molecule has 118 valence electrons. The van der Waals surface area contributed by atoms with Crippen molar-refractivity contribution in [1.29, 1.82) is 0 Å². The van der Waals surface area contributed by atoms with E-state index in [0.29, 0.717) is 5.02 Å². The summed E-state index contributed by atoms with van der Waals surface area (Å²) < 4.78 is 0. The molecule has 2 aromatic carbocycles. The monoisotopic (exact) mass is 345 g/mol. The molecule has 0 unspecified atom stereocenters. The summed E-state index contributed by atoms with van der Waals surface area (Å²) in [5.74, 6) is -0.847. The molecule has 1 heterocycles. The SMILES string of the molecule is CSc1ccc(-c2[nH]c3c(C)c(Cl)ccc3c2CC(=O)O)cc1. The topological polar surface area (TPSA) is 53.1 Å². The maximum Gasteiger partial charge on any atom is 0.307 e. The Morgan fingerprint density at radius 1 is 1.22 bits per heavy atom. The summed E-state index contributed by atoms with van der Waals surface area (Å²) in [6.07, 6.45) is 2.00. The fourth-order valence-electron chi connectivity index (χ4n) is 2.77. The van der Waals surface area contributed by atoms with E-state index < -0.39 is 5.97 Å². The molecule has 0 aliphatic rings. The van der Waals surface area contributed by atoms with Gasteiger partial charge in [-0.1, -0.05) is 29.8 Å². The van der Waals surface area contributed by atoms with Crippen molar-refractivity contribution in [2.45, 2.75) is 18.2 Å². The molecule has 23 heavy (non-hydrogen) atoms. The lowest BCUT2D eigenvalue weighted by molar-refractivity contribution is -0.136. The van der Waals surface area contributed by atoms with E-state index in [1.54, 1.807) is 11.8 Å². The number of carboxylic acid groups (broad SMARTS) is 1. The fourth-order valence-corrected chi connectivity index (χ4v) is 3.34. The van der Waals surface area contributed by atoms with Gasteiger partial charge in [-0.3, -0.25) is 4.79 Å². The molecular weight excluding hydrogens is 330 g/mol. The van der Waals surface area contributed by atoms with Crippen LogP contribution in [0.4, 0.5) is 0 Å². The lowest BCUT2D eigenvalue weighted by atomic mass is 10.0. The highest BCUT2D eigenvalue weighted by Crippen LogP contribution is 2.35. The third-order valence-electron chi connectivity index (χ3n) is 3.98. The van der Waals surface area contributed by atoms with Gasteiger partial charge in [-0.15, -0.1) is 11.8 Å². The Morgan fingerprint density at radius 2 is 1.91 bits per heavy atom. The average molecular weight is 346 g/mol. The molecule has 3 nitrogen and oxygen atoms in total. The van der Waals surface area contributed by atoms with Crippen molar-refractivity contribution >= 4 is 40.2 Å². The Bertz CT molecular complexity index is 884. The third kappa shape index (κ3) is 2.96. The number of nitrogens with one attached hydrogen (secondary N) is 1. The van der Waals surface area contributed by atoms with E-state index in [0.717, 1.165) is 33.3 Å². The average Bonchev–Trinajstić information content (AvgIpc) is 2.90. The highest BCUT2D eigenvalue weighted by atomic mass is 35.5. The van der Waals surface area contributed by atoms with Crippen LogP contribution in [0.25, 0.3) is 22.2 Å². The molecule has 0 atom stereocenters. The summed E-state index contributed by atoms with van der Waals surface area (Å²) >= 11 is 7.88. The van der Waals surface area contributed by atoms with E-state index in [9.17, 15) is 9.90 Å². The quantitative estimate of drug-likeness (QED) is 0.643. The van der Waals surface area contributed by atoms with Gasteiger partial charge in [0.1, 0.15) is 0 Å². The number of aromatic amines is 1. The number of aryl methyl sites for hydroxylation is 1. The van der Waals surface area contributed by atoms with Crippen LogP contribution in [-0.2, 0) is 11.2 Å². The van der Waals surface area contributed by atoms with Crippen LogP contribution in [0.15, 0.2) is 41.3 Å². The van der Waals surface area contributed by atoms with Gasteiger partial charge in [-0.25, -0.2) is 0 Å². The van der Waals surface area contributed by atoms with Gasteiger partial charge in [0.25, 0.3) is 0 Å². The summed E-state index contributed by atoms with van der Waals surface area (Å²) in [5, 5.41) is 10.9. The Labute approximate surface area is 143 Å². The Hall–Kier alpha value is -1.91. The van der Waals surface area contributed by atoms with Crippen LogP contribution in [0.5, 0.6) is 0 Å². The minimum atomic E-state index is -0.847. The van der Waals surface area contributed by atoms with Crippen LogP contribution < -0.4 is 0 Å². The maximum atomic E-state index is 11.3. The second-order valence-corrected chi connectivity index (χ2v) is 6.66. The van der Waals surface area contributed by atoms with Crippen molar-refractivity contribution < 1.29 is 9.90 Å². The first kappa shape index (κ1) is 16.0. The van der Waals surface area contributed by atoms with Crippen LogP contribution in [-0.4, -0.2) is 22.3 Å². The number of carbonyl (C=O) groups is 1. The number of carboxylic acids is 1. The third-order valence-corrected chi connectivity index (χ3v) is 5.14. The molecule has 0 fully saturated rings. The van der Waals surface area contributed by atoms with Crippen LogP contribution in [0, 0.1) is 6.92 Å². The second kappa shape index (κ2) is 6.30. The highest BCUT2D eigenvalue weighted by molar-refractivity contribution is 7.98. The molecule has 0 aliphatic heterocycles. The Kier molecular flexibility index (Phi) is 4.37. The summed E-state index contributed by atoms with van der Waals surface area (Å²) in [7, 11) is 0. The predicted molar refractivity (Wildman–Crippen MR) is 96.6 cm³/mol. The molecule has 3 rings (SSSR count). The zero-order valence-corrected chi connectivity index (χ0v) is 14.4. The normalized spacial score (nSPS) is 11.1. The molecule has 3 aromatic rings. The van der Waals surface area contributed by atoms with Gasteiger partial charge < -0.3 is 10.1 Å². The zero-order valence-electron chi connectivity index (χ0n) is 12.8. The van der Waals surface area contributed by atoms with Gasteiger partial charge in [0.2, 0.25) is 0 Å². The minimum Gasteiger partial charge on any atom is -0.481 e. The molecule has 0 aliphatic carbocycles. The van der Waals surface area contributed by atoms with Gasteiger partial charge >= 0.3 is 5.97 Å². The first-order chi connectivity index (χ1) is 11.0. The van der Waals surface area contributed by atoms with E-state index in [4.69, 9.17) is 11.6 Å². The number of benzene rings is 2. The molecule has 1 aromatic heterocycles. The molecule has 2 N–H and O–H groups in total. The van der Waals surface area contributed by atoms with Gasteiger partial charge in [-0.2, -0.15) is 0 Å². The number of H-pyrrole nitrogens is 1. The lowest BCUT2D eigenvalue weighted by Crippen LogP contribution is -2.00. The molecule has 0 spiro atoms. The Morgan fingerprint density at radius 3 is 2.52 bits per heavy atom. The van der Waals surface area contributed by atoms with Crippen LogP contribution in [0.2, 0.25) is 5.02 Å². The van der Waals surface area contributed by atoms with Crippen LogP contribution in [0.1, 0.15) is 11.1 Å². The second-order valence-electron chi connectivity index (χ2n) is 5.37. The van der Waals surface area contributed by atoms with Gasteiger partial charge in [0.15, 0.2) is 0 Å². The smallest absolute Gasteiger partial charge is 0.307 e. The van der Waals surface area contributed by atoms with Gasteiger partial charge in [0, 0.05) is 15.3 Å². The number of rotatable bonds is 4. The van der Waals surface area contributed by atoms with E-state index >= 15 is 0 Å². The molecule has 0 saturated heterocycles. The van der Waals surface area contributed by atoms with E-state index in [-0.39, 0.29) is 6.42 Å². The van der Waals surface area contributed by atoms with E-state index in [1.807, 2.05) is 49.6 Å². The summed E-state index contributed by atoms with van der Waals surface area (Å²) in [6, 6.07) is 11.8. The number of hydrogen-bond acceptors (Lipinski definition) is 2. The summed E-state index contributed by atoms with van der Waals surface area (Å²) in [5.41, 5.74) is 4.45. The summed E-state index contributed by atoms with van der Waals surface area (Å²) in [4.78, 5) is 15.9. The molecule has 5 heteroatoms. The van der Waals surface area contributed by atoms with Gasteiger partial charge in [-0.05, 0) is 48.1 Å². The standard InChI is InChI=1S/C18H16ClNO2S/c1-10-15(19)8-7-13-14(9-16(21)22)18(20-17(10)13)11-3-5-12(23-2)6-4-11/h3-8,20H,9H2,1-2H3,(H,21,22). The number of fused-ring (bicyclic) bond motifs is 1. The molecular formula is C18H16ClNO2S. The number of aliphatic carboxylic acids is 1. The highest BCUT2D eigenvalue weighted by Gasteiger charge is 2.17. The number of thioether (sulfide) groups is 1. The van der Waals surface area contributed by atoms with Crippen molar-refractivity contribution in [3.63, 3.8) is 0 Å². The van der Waals surface area contributed by atoms with Crippen LogP contribution >= 0.6 is 23.4 Å². The first-order valence-electron chi connectivity index (χ1n) is 7.17. The van der Waals surface area contributed by atoms with Crippen molar-refractivity contribution in [2.24, 2.45) is 0 Å². The number of halogens is 1. The van der Waals surface area contributed by atoms with Crippen molar-refractivity contribution in [3.8, 4) is 11.3 Å². The lowest BCUT2D eigenvalue weighted by Gasteiger charge is -2.04. The van der Waals surface area contributed by atoms with Gasteiger partial charge in [0.05, 0.1) is 17.6 Å². The van der Waals surface area contributed by atoms with Crippen molar-refractivity contribution in [3.05, 3.63) is 52.5 Å². The van der Waals surface area contributed by atoms with Crippen LogP contribution in [0.3, 0.4) is 0 Å². The largest absolute Gasteiger partial charge is 0.481 e. The predicted octanol–water partition coefficient (Wildman–Crippen LogP) is 5.15. The number of aromatic nitrogens is 1. The van der Waals surface area contributed by atoms with Crippen molar-refractivity contribution in [1.82, 2.24) is 4.98 Å². The summed E-state index contributed by atoms with van der Waals surface area (Å²) in [6.45, 7) is 1.94. The Balaban J connectivity index is 2.25. The minimum absolute atomic E-state index is 0.0271. The first-order valence-corrected chi connectivity index (χ1v) is 8.77. The molecule has 0 radical (unpaired) electrons. The van der Waals surface area contributed by atoms with E-state index in [1.165, 1.54) is 4.90 Å². The number of hydrogen-bond donors (Lipinski definition) is 2. The molecule has 0 saturated carbocycles. The molecule has 0 bridgehead atoms. The molecule has 0 amide bonds. The van der Waals surface area contributed by atoms with Crippen molar-refractivity contribution in [2.75, 3.05) is 6.26 Å². The zero-order chi connectivity index (χ0) is 16.6. The maximum absolute atomic E-state index is 11.3.